The van der Waals surface area contributed by atoms with Gasteiger partial charge in [0.25, 0.3) is 0 Å². The fourth-order valence-electron chi connectivity index (χ4n) is 2.78. The Balaban J connectivity index is 1.77. The lowest BCUT2D eigenvalue weighted by Gasteiger charge is -2.52. The summed E-state index contributed by atoms with van der Waals surface area (Å²) in [5.41, 5.74) is 0.194. The summed E-state index contributed by atoms with van der Waals surface area (Å²) in [6.07, 6.45) is 7.31. The number of piperidine rings is 2. The van der Waals surface area contributed by atoms with E-state index in [1.165, 1.54) is 19.4 Å². The number of nitrogens with zero attached hydrogens (tertiary/aromatic N) is 3. The standard InChI is InChI=1S/C12H17N3O/c1-2-3-5-10-13-11(16-14-10)12-6-4-7-15(8-12)9-12/h2-3H,4-9H2,1H3. The van der Waals surface area contributed by atoms with Crippen LogP contribution < -0.4 is 0 Å². The molecule has 2 bridgehead atoms. The molecule has 0 aromatic carbocycles. The van der Waals surface area contributed by atoms with Gasteiger partial charge in [0.2, 0.25) is 5.89 Å². The zero-order chi connectivity index (χ0) is 11.0. The molecule has 3 aliphatic heterocycles. The monoisotopic (exact) mass is 219 g/mol. The van der Waals surface area contributed by atoms with E-state index >= 15 is 0 Å². The third kappa shape index (κ3) is 1.48. The van der Waals surface area contributed by atoms with Crippen LogP contribution in [-0.4, -0.2) is 34.7 Å². The van der Waals surface area contributed by atoms with Gasteiger partial charge in [0.05, 0.1) is 5.41 Å². The largest absolute Gasteiger partial charge is 0.339 e. The van der Waals surface area contributed by atoms with Crippen LogP contribution in [-0.2, 0) is 11.8 Å². The van der Waals surface area contributed by atoms with Gasteiger partial charge in [-0.1, -0.05) is 17.3 Å². The van der Waals surface area contributed by atoms with Gasteiger partial charge in [-0.3, -0.25) is 0 Å². The Kier molecular flexibility index (Phi) is 2.32. The summed E-state index contributed by atoms with van der Waals surface area (Å²) >= 11 is 0. The molecule has 0 aliphatic carbocycles. The Bertz CT molecular complexity index is 399. The van der Waals surface area contributed by atoms with Crippen molar-refractivity contribution >= 4 is 0 Å². The van der Waals surface area contributed by atoms with Gasteiger partial charge in [-0.15, -0.1) is 0 Å². The lowest BCUT2D eigenvalue weighted by Crippen LogP contribution is -2.63. The minimum absolute atomic E-state index is 0.194. The molecule has 0 unspecified atom stereocenters. The second-order valence-corrected chi connectivity index (χ2v) is 4.88. The van der Waals surface area contributed by atoms with Gasteiger partial charge in [-0.25, -0.2) is 0 Å². The maximum atomic E-state index is 5.42. The maximum absolute atomic E-state index is 5.42. The van der Waals surface area contributed by atoms with Crippen LogP contribution in [0.15, 0.2) is 16.7 Å². The molecule has 0 amide bonds. The van der Waals surface area contributed by atoms with Gasteiger partial charge in [0, 0.05) is 19.5 Å². The molecule has 4 nitrogen and oxygen atoms in total. The minimum Gasteiger partial charge on any atom is -0.339 e. The second-order valence-electron chi connectivity index (χ2n) is 4.88. The van der Waals surface area contributed by atoms with E-state index < -0.39 is 0 Å². The van der Waals surface area contributed by atoms with Crippen molar-refractivity contribution in [1.29, 1.82) is 0 Å². The Labute approximate surface area is 95.3 Å². The molecule has 16 heavy (non-hydrogen) atoms. The Morgan fingerprint density at radius 3 is 3.06 bits per heavy atom. The van der Waals surface area contributed by atoms with Crippen LogP contribution in [0.5, 0.6) is 0 Å². The van der Waals surface area contributed by atoms with Gasteiger partial charge in [0.1, 0.15) is 0 Å². The number of hydrogen-bond donors (Lipinski definition) is 0. The van der Waals surface area contributed by atoms with Crippen molar-refractivity contribution < 1.29 is 4.52 Å². The first-order valence-corrected chi connectivity index (χ1v) is 5.99. The van der Waals surface area contributed by atoms with Gasteiger partial charge < -0.3 is 9.42 Å². The Morgan fingerprint density at radius 2 is 2.38 bits per heavy atom. The Morgan fingerprint density at radius 1 is 1.50 bits per heavy atom. The normalized spacial score (nSPS) is 32.9. The van der Waals surface area contributed by atoms with E-state index in [4.69, 9.17) is 4.52 Å². The molecule has 1 aromatic rings. The highest BCUT2D eigenvalue weighted by atomic mass is 16.5. The smallest absolute Gasteiger partial charge is 0.235 e. The molecule has 0 atom stereocenters. The van der Waals surface area contributed by atoms with Crippen LogP contribution in [0.2, 0.25) is 0 Å². The zero-order valence-electron chi connectivity index (χ0n) is 9.65. The summed E-state index contributed by atoms with van der Waals surface area (Å²) < 4.78 is 5.42. The maximum Gasteiger partial charge on any atom is 0.235 e. The van der Waals surface area contributed by atoms with Gasteiger partial charge >= 0.3 is 0 Å². The van der Waals surface area contributed by atoms with Crippen molar-refractivity contribution in [3.8, 4) is 0 Å². The number of allylic oxidation sites excluding steroid dienone is 2. The van der Waals surface area contributed by atoms with E-state index in [2.05, 4.69) is 21.1 Å². The molecule has 0 N–H and O–H groups in total. The van der Waals surface area contributed by atoms with E-state index in [0.717, 1.165) is 31.2 Å². The highest BCUT2D eigenvalue weighted by Gasteiger charge is 2.50. The fourth-order valence-corrected chi connectivity index (χ4v) is 2.78. The third-order valence-corrected chi connectivity index (χ3v) is 3.64. The van der Waals surface area contributed by atoms with Crippen molar-refractivity contribution in [2.75, 3.05) is 19.6 Å². The molecule has 0 saturated carbocycles. The van der Waals surface area contributed by atoms with E-state index in [1.54, 1.807) is 0 Å². The van der Waals surface area contributed by atoms with Gasteiger partial charge in [-0.2, -0.15) is 4.98 Å². The highest BCUT2D eigenvalue weighted by Crippen LogP contribution is 2.41. The lowest BCUT2D eigenvalue weighted by atomic mass is 9.72. The molecular weight excluding hydrogens is 202 g/mol. The fraction of sp³-hybridized carbons (Fsp3) is 0.667. The molecule has 0 spiro atoms. The predicted octanol–water partition coefficient (Wildman–Crippen LogP) is 1.54. The highest BCUT2D eigenvalue weighted by molar-refractivity contribution is 5.17. The SMILES string of the molecule is CC=CCc1noc(C23CCCN(C2)C3)n1. The molecule has 3 saturated heterocycles. The molecule has 4 rings (SSSR count). The lowest BCUT2D eigenvalue weighted by molar-refractivity contribution is -0.00680. The van der Waals surface area contributed by atoms with Crippen molar-refractivity contribution in [2.45, 2.75) is 31.6 Å². The van der Waals surface area contributed by atoms with E-state index in [0.29, 0.717) is 0 Å². The van der Waals surface area contributed by atoms with Crippen LogP contribution in [0.1, 0.15) is 31.5 Å². The van der Waals surface area contributed by atoms with Crippen molar-refractivity contribution in [1.82, 2.24) is 15.0 Å². The van der Waals surface area contributed by atoms with Crippen molar-refractivity contribution in [2.24, 2.45) is 0 Å². The second kappa shape index (κ2) is 3.70. The number of aromatic nitrogens is 2. The Hall–Kier alpha value is -1.16. The first-order valence-electron chi connectivity index (χ1n) is 5.99. The summed E-state index contributed by atoms with van der Waals surface area (Å²) in [4.78, 5) is 6.98. The molecule has 86 valence electrons. The molecule has 3 aliphatic rings. The average Bonchev–Trinajstić information content (AvgIpc) is 2.75. The quantitative estimate of drug-likeness (QED) is 0.723. The minimum atomic E-state index is 0.194. The summed E-state index contributed by atoms with van der Waals surface area (Å²) in [5.74, 6) is 1.68. The van der Waals surface area contributed by atoms with E-state index in [1.807, 2.05) is 13.0 Å². The van der Waals surface area contributed by atoms with E-state index in [9.17, 15) is 0 Å². The van der Waals surface area contributed by atoms with Crippen LogP contribution in [0.4, 0.5) is 0 Å². The van der Waals surface area contributed by atoms with E-state index in [-0.39, 0.29) is 5.41 Å². The summed E-state index contributed by atoms with van der Waals surface area (Å²) in [6.45, 7) is 5.46. The van der Waals surface area contributed by atoms with Gasteiger partial charge in [0.15, 0.2) is 5.82 Å². The first-order chi connectivity index (χ1) is 7.82. The number of hydrogen-bond acceptors (Lipinski definition) is 4. The average molecular weight is 219 g/mol. The molecule has 3 fully saturated rings. The molecule has 4 heterocycles. The summed E-state index contributed by atoms with van der Waals surface area (Å²) in [5, 5.41) is 4.04. The summed E-state index contributed by atoms with van der Waals surface area (Å²) in [6, 6.07) is 0. The first kappa shape index (κ1) is 10.0. The molecule has 4 heteroatoms. The zero-order valence-corrected chi connectivity index (χ0v) is 9.65. The molecular formula is C12H17N3O. The molecule has 1 aromatic heterocycles. The van der Waals surface area contributed by atoms with Crippen LogP contribution in [0.25, 0.3) is 0 Å². The number of fused-ring (bicyclic) bond motifs is 2. The van der Waals surface area contributed by atoms with Crippen molar-refractivity contribution in [3.05, 3.63) is 23.9 Å². The van der Waals surface area contributed by atoms with Crippen LogP contribution >= 0.6 is 0 Å². The van der Waals surface area contributed by atoms with Crippen LogP contribution in [0, 0.1) is 0 Å². The van der Waals surface area contributed by atoms with Crippen molar-refractivity contribution in [3.63, 3.8) is 0 Å². The predicted molar refractivity (Wildman–Crippen MR) is 60.2 cm³/mol. The topological polar surface area (TPSA) is 42.2 Å². The number of rotatable bonds is 3. The third-order valence-electron chi connectivity index (χ3n) is 3.64. The van der Waals surface area contributed by atoms with Crippen LogP contribution in [0.3, 0.4) is 0 Å². The van der Waals surface area contributed by atoms with Gasteiger partial charge in [-0.05, 0) is 26.3 Å². The summed E-state index contributed by atoms with van der Waals surface area (Å²) in [7, 11) is 0. The molecule has 0 radical (unpaired) electrons.